The van der Waals surface area contributed by atoms with E-state index in [9.17, 15) is 4.79 Å². The Morgan fingerprint density at radius 3 is 1.03 bits per heavy atom. The Labute approximate surface area is 230 Å². The highest BCUT2D eigenvalue weighted by Crippen LogP contribution is 2.04. The molecule has 0 aliphatic carbocycles. The lowest BCUT2D eigenvalue weighted by atomic mass is 10.1. The lowest BCUT2D eigenvalue weighted by molar-refractivity contribution is -0.146. The van der Waals surface area contributed by atoms with Crippen LogP contribution in [0.25, 0.3) is 0 Å². The summed E-state index contributed by atoms with van der Waals surface area (Å²) in [7, 11) is 1.32. The van der Waals surface area contributed by atoms with E-state index < -0.39 is 5.97 Å². The highest BCUT2D eigenvalue weighted by Gasteiger charge is 1.99. The highest BCUT2D eigenvalue weighted by atomic mass is 16.6. The Kier molecular flexibility index (Phi) is 33.3. The molecular formula is C27H54O11. The largest absolute Gasteiger partial charge is 0.467 e. The molecule has 11 nitrogen and oxygen atoms in total. The molecule has 0 aromatic carbocycles. The van der Waals surface area contributed by atoms with Crippen molar-refractivity contribution in [2.75, 3.05) is 126 Å². The Balaban J connectivity index is 3.03. The second-order valence-electron chi connectivity index (χ2n) is 8.30. The third kappa shape index (κ3) is 33.1. The van der Waals surface area contributed by atoms with E-state index in [0.29, 0.717) is 106 Å². The molecule has 0 amide bonds. The summed E-state index contributed by atoms with van der Waals surface area (Å²) in [6.45, 7) is 11.1. The average Bonchev–Trinajstić information content (AvgIpc) is 2.93. The van der Waals surface area contributed by atoms with Crippen LogP contribution in [0.5, 0.6) is 0 Å². The van der Waals surface area contributed by atoms with Crippen LogP contribution in [0.2, 0.25) is 0 Å². The number of hydrogen-bond donors (Lipinski definition) is 0. The summed E-state index contributed by atoms with van der Waals surface area (Å²) in [5.74, 6) is -0.402. The van der Waals surface area contributed by atoms with E-state index >= 15 is 0 Å². The summed E-state index contributed by atoms with van der Waals surface area (Å²) >= 11 is 0. The number of unbranched alkanes of at least 4 members (excludes halogenated alkanes) is 5. The van der Waals surface area contributed by atoms with Gasteiger partial charge < -0.3 is 47.4 Å². The zero-order valence-corrected chi connectivity index (χ0v) is 24.0. The normalized spacial score (nSPS) is 11.3. The van der Waals surface area contributed by atoms with Gasteiger partial charge in [-0.05, 0) is 6.42 Å². The molecule has 38 heavy (non-hydrogen) atoms. The lowest BCUT2D eigenvalue weighted by Gasteiger charge is -2.09. The number of methoxy groups -OCH3 is 1. The summed E-state index contributed by atoms with van der Waals surface area (Å²) in [5, 5.41) is 0. The number of carbonyl (C=O) groups excluding carboxylic acids is 1. The number of carbonyl (C=O) groups is 1. The van der Waals surface area contributed by atoms with Crippen molar-refractivity contribution in [3.05, 3.63) is 0 Å². The van der Waals surface area contributed by atoms with Crippen LogP contribution in [0.1, 0.15) is 45.4 Å². The fourth-order valence-corrected chi connectivity index (χ4v) is 2.96. The predicted octanol–water partition coefficient (Wildman–Crippen LogP) is 2.67. The van der Waals surface area contributed by atoms with Crippen molar-refractivity contribution < 1.29 is 52.2 Å². The zero-order chi connectivity index (χ0) is 27.6. The molecule has 0 aromatic rings. The fraction of sp³-hybridized carbons (Fsp3) is 0.963. The fourth-order valence-electron chi connectivity index (χ4n) is 2.96. The standard InChI is InChI=1S/C27H54O11/c1-3-4-5-6-7-8-9-30-10-11-31-12-13-32-14-15-33-16-17-34-18-19-35-20-21-36-22-23-37-24-25-38-26-27(28)29-2/h3-26H2,1-2H3. The summed E-state index contributed by atoms with van der Waals surface area (Å²) in [6.07, 6.45) is 7.67. The summed E-state index contributed by atoms with van der Waals surface area (Å²) in [5.41, 5.74) is 0. The van der Waals surface area contributed by atoms with E-state index in [2.05, 4.69) is 11.7 Å². The topological polar surface area (TPSA) is 109 Å². The molecule has 0 saturated heterocycles. The first-order valence-electron chi connectivity index (χ1n) is 14.1. The van der Waals surface area contributed by atoms with Gasteiger partial charge in [-0.2, -0.15) is 0 Å². The molecule has 0 N–H and O–H groups in total. The van der Waals surface area contributed by atoms with Crippen LogP contribution in [-0.4, -0.2) is 132 Å². The van der Waals surface area contributed by atoms with Crippen molar-refractivity contribution in [1.82, 2.24) is 0 Å². The van der Waals surface area contributed by atoms with Crippen molar-refractivity contribution in [1.29, 1.82) is 0 Å². The Bertz CT molecular complexity index is 455. The van der Waals surface area contributed by atoms with E-state index in [-0.39, 0.29) is 6.61 Å². The van der Waals surface area contributed by atoms with Crippen LogP contribution in [0, 0.1) is 0 Å². The molecule has 0 saturated carbocycles. The SMILES string of the molecule is CCCCCCCCOCCOCCOCCOCCOCCOCCOCCOCCOCC(=O)OC. The van der Waals surface area contributed by atoms with Crippen molar-refractivity contribution >= 4 is 5.97 Å². The van der Waals surface area contributed by atoms with Gasteiger partial charge in [0.2, 0.25) is 0 Å². The van der Waals surface area contributed by atoms with Gasteiger partial charge in [0.1, 0.15) is 6.61 Å². The van der Waals surface area contributed by atoms with Crippen LogP contribution < -0.4 is 0 Å². The maximum Gasteiger partial charge on any atom is 0.331 e. The number of rotatable bonds is 33. The van der Waals surface area contributed by atoms with Crippen LogP contribution >= 0.6 is 0 Å². The van der Waals surface area contributed by atoms with Crippen molar-refractivity contribution in [3.8, 4) is 0 Å². The second-order valence-corrected chi connectivity index (χ2v) is 8.30. The van der Waals surface area contributed by atoms with E-state index in [1.165, 1.54) is 39.2 Å². The molecule has 0 bridgehead atoms. The van der Waals surface area contributed by atoms with Gasteiger partial charge in [-0.25, -0.2) is 4.79 Å². The van der Waals surface area contributed by atoms with Crippen molar-refractivity contribution in [2.24, 2.45) is 0 Å². The Morgan fingerprint density at radius 1 is 0.395 bits per heavy atom. The smallest absolute Gasteiger partial charge is 0.331 e. The van der Waals surface area contributed by atoms with Crippen molar-refractivity contribution in [2.45, 2.75) is 45.4 Å². The molecule has 0 aromatic heterocycles. The molecule has 11 heteroatoms. The van der Waals surface area contributed by atoms with Crippen molar-refractivity contribution in [3.63, 3.8) is 0 Å². The maximum absolute atomic E-state index is 10.8. The summed E-state index contributed by atoms with van der Waals surface area (Å²) in [6, 6.07) is 0. The number of ether oxygens (including phenoxy) is 10. The van der Waals surface area contributed by atoms with Crippen LogP contribution in [0.15, 0.2) is 0 Å². The van der Waals surface area contributed by atoms with Gasteiger partial charge in [-0.1, -0.05) is 39.0 Å². The quantitative estimate of drug-likeness (QED) is 0.0882. The first-order valence-corrected chi connectivity index (χ1v) is 14.1. The second kappa shape index (κ2) is 34.1. The third-order valence-corrected chi connectivity index (χ3v) is 5.07. The molecule has 0 heterocycles. The monoisotopic (exact) mass is 554 g/mol. The molecule has 0 fully saturated rings. The van der Waals surface area contributed by atoms with Gasteiger partial charge in [0.05, 0.1) is 113 Å². The van der Waals surface area contributed by atoms with Gasteiger partial charge in [0.15, 0.2) is 0 Å². The highest BCUT2D eigenvalue weighted by molar-refractivity contribution is 5.70. The van der Waals surface area contributed by atoms with Crippen LogP contribution in [0.4, 0.5) is 0 Å². The summed E-state index contributed by atoms with van der Waals surface area (Å²) in [4.78, 5) is 10.8. The first kappa shape index (κ1) is 37.1. The number of esters is 1. The maximum atomic E-state index is 10.8. The van der Waals surface area contributed by atoms with Gasteiger partial charge in [0.25, 0.3) is 0 Å². The molecule has 0 rings (SSSR count). The molecule has 228 valence electrons. The van der Waals surface area contributed by atoms with Gasteiger partial charge in [-0.15, -0.1) is 0 Å². The minimum Gasteiger partial charge on any atom is -0.467 e. The minimum absolute atomic E-state index is 0.0633. The van der Waals surface area contributed by atoms with Gasteiger partial charge in [-0.3, -0.25) is 0 Å². The lowest BCUT2D eigenvalue weighted by Crippen LogP contribution is -2.16. The van der Waals surface area contributed by atoms with E-state index in [4.69, 9.17) is 42.6 Å². The molecule has 0 aliphatic rings. The number of hydrogen-bond acceptors (Lipinski definition) is 11. The summed E-state index contributed by atoms with van der Waals surface area (Å²) < 4.78 is 53.1. The minimum atomic E-state index is -0.402. The molecule has 0 radical (unpaired) electrons. The van der Waals surface area contributed by atoms with E-state index in [1.807, 2.05) is 0 Å². The Hall–Kier alpha value is -0.890. The predicted molar refractivity (Wildman–Crippen MR) is 143 cm³/mol. The van der Waals surface area contributed by atoms with Gasteiger partial charge >= 0.3 is 5.97 Å². The first-order chi connectivity index (χ1) is 18.8. The molecule has 0 atom stereocenters. The van der Waals surface area contributed by atoms with E-state index in [1.54, 1.807) is 0 Å². The molecule has 0 spiro atoms. The molecule has 0 aliphatic heterocycles. The molecular weight excluding hydrogens is 500 g/mol. The molecule has 0 unspecified atom stereocenters. The average molecular weight is 555 g/mol. The third-order valence-electron chi connectivity index (χ3n) is 5.07. The van der Waals surface area contributed by atoms with Crippen LogP contribution in [-0.2, 0) is 52.2 Å². The van der Waals surface area contributed by atoms with E-state index in [0.717, 1.165) is 13.0 Å². The zero-order valence-electron chi connectivity index (χ0n) is 24.0. The Morgan fingerprint density at radius 2 is 0.684 bits per heavy atom. The van der Waals surface area contributed by atoms with Gasteiger partial charge in [0, 0.05) is 6.61 Å². The van der Waals surface area contributed by atoms with Crippen LogP contribution in [0.3, 0.4) is 0 Å².